The van der Waals surface area contributed by atoms with Crippen LogP contribution >= 0.6 is 0 Å². The molecule has 0 spiro atoms. The van der Waals surface area contributed by atoms with Gasteiger partial charge in [-0.05, 0) is 0 Å². The average Bonchev–Trinajstić information content (AvgIpc) is 2.31. The van der Waals surface area contributed by atoms with Crippen molar-refractivity contribution in [2.24, 2.45) is 17.8 Å². The van der Waals surface area contributed by atoms with Crippen molar-refractivity contribution in [1.29, 1.82) is 0 Å². The summed E-state index contributed by atoms with van der Waals surface area (Å²) in [6.45, 7) is 17.2. The molecule has 0 aliphatic rings. The molecule has 0 heterocycles. The molecule has 0 saturated carbocycles. The average molecular weight is 443 g/mol. The standard InChI is InChI=1S/3C4H9O.C2H5O.Hf/c3*1-4(2)3-5;1-2-3;/h3*4H,3H2,1-2H3;2H2,1H3;/q4*-1;+4. The first-order valence-electron chi connectivity index (χ1n) is 7.37. The third kappa shape index (κ3) is 10.1. The molecule has 0 radical (unpaired) electrons. The van der Waals surface area contributed by atoms with Gasteiger partial charge in [-0.15, -0.1) is 0 Å². The van der Waals surface area contributed by atoms with Crippen LogP contribution in [-0.4, -0.2) is 26.4 Å². The molecule has 0 saturated heterocycles. The van der Waals surface area contributed by atoms with Gasteiger partial charge in [-0.25, -0.2) is 0 Å². The molecule has 5 heteroatoms. The van der Waals surface area contributed by atoms with Crippen LogP contribution in [0.1, 0.15) is 48.5 Å². The van der Waals surface area contributed by atoms with E-state index in [1.54, 1.807) is 0 Å². The van der Waals surface area contributed by atoms with Gasteiger partial charge in [0.15, 0.2) is 0 Å². The van der Waals surface area contributed by atoms with Crippen molar-refractivity contribution in [2.75, 3.05) is 26.4 Å². The molecular formula is C14H32HfO4. The normalized spacial score (nSPS) is 12.9. The van der Waals surface area contributed by atoms with Crippen molar-refractivity contribution in [3.05, 3.63) is 0 Å². The Morgan fingerprint density at radius 2 is 0.947 bits per heavy atom. The van der Waals surface area contributed by atoms with Gasteiger partial charge < -0.3 is 0 Å². The zero-order chi connectivity index (χ0) is 14.9. The van der Waals surface area contributed by atoms with E-state index in [2.05, 4.69) is 41.5 Å². The van der Waals surface area contributed by atoms with E-state index < -0.39 is 21.7 Å². The molecule has 0 aliphatic carbocycles. The van der Waals surface area contributed by atoms with E-state index in [1.807, 2.05) is 6.92 Å². The van der Waals surface area contributed by atoms with Crippen LogP contribution in [0.5, 0.6) is 0 Å². The Kier molecular flexibility index (Phi) is 10.8. The summed E-state index contributed by atoms with van der Waals surface area (Å²) in [6, 6.07) is 0. The topological polar surface area (TPSA) is 36.9 Å². The molecule has 0 fully saturated rings. The fourth-order valence-corrected chi connectivity index (χ4v) is 10.1. The molecule has 0 N–H and O–H groups in total. The second kappa shape index (κ2) is 10.4. The van der Waals surface area contributed by atoms with Crippen molar-refractivity contribution in [1.82, 2.24) is 0 Å². The predicted octanol–water partition coefficient (Wildman–Crippen LogP) is 3.85. The van der Waals surface area contributed by atoms with E-state index >= 15 is 0 Å². The van der Waals surface area contributed by atoms with Gasteiger partial charge in [-0.2, -0.15) is 0 Å². The van der Waals surface area contributed by atoms with Gasteiger partial charge in [-0.3, -0.25) is 0 Å². The van der Waals surface area contributed by atoms with Crippen LogP contribution in [0.3, 0.4) is 0 Å². The summed E-state index contributed by atoms with van der Waals surface area (Å²) in [5.74, 6) is 1.35. The van der Waals surface area contributed by atoms with Crippen LogP contribution in [-0.2, 0) is 33.1 Å². The molecule has 0 aromatic heterocycles. The van der Waals surface area contributed by atoms with Gasteiger partial charge >= 0.3 is 126 Å². The van der Waals surface area contributed by atoms with E-state index in [0.717, 1.165) is 0 Å². The van der Waals surface area contributed by atoms with Gasteiger partial charge in [0.05, 0.1) is 0 Å². The Morgan fingerprint density at radius 1 is 0.632 bits per heavy atom. The van der Waals surface area contributed by atoms with Crippen molar-refractivity contribution >= 4 is 0 Å². The second-order valence-electron chi connectivity index (χ2n) is 6.05. The van der Waals surface area contributed by atoms with Crippen LogP contribution in [0.4, 0.5) is 0 Å². The molecule has 0 aliphatic heterocycles. The molecule has 0 rings (SSSR count). The van der Waals surface area contributed by atoms with Crippen molar-refractivity contribution in [3.63, 3.8) is 0 Å². The maximum atomic E-state index is 5.99. The number of hydrogen-bond acceptors (Lipinski definition) is 4. The van der Waals surface area contributed by atoms with Crippen molar-refractivity contribution < 1.29 is 33.1 Å². The summed E-state index contributed by atoms with van der Waals surface area (Å²) >= 11 is -3.96. The number of rotatable bonds is 11. The van der Waals surface area contributed by atoms with E-state index in [-0.39, 0.29) is 0 Å². The Morgan fingerprint density at radius 3 is 1.16 bits per heavy atom. The third-order valence-electron chi connectivity index (χ3n) is 2.10. The molecule has 0 atom stereocenters. The van der Waals surface area contributed by atoms with Gasteiger partial charge in [-0.1, -0.05) is 0 Å². The van der Waals surface area contributed by atoms with Gasteiger partial charge in [0.25, 0.3) is 0 Å². The zero-order valence-corrected chi connectivity index (χ0v) is 17.3. The summed E-state index contributed by atoms with van der Waals surface area (Å²) in [5, 5.41) is 0. The van der Waals surface area contributed by atoms with Crippen LogP contribution in [0.25, 0.3) is 0 Å². The first-order chi connectivity index (χ1) is 8.81. The Labute approximate surface area is 125 Å². The Bertz CT molecular complexity index is 188. The summed E-state index contributed by atoms with van der Waals surface area (Å²) in [7, 11) is 0. The minimum absolute atomic E-state index is 0.449. The van der Waals surface area contributed by atoms with Gasteiger partial charge in [0.1, 0.15) is 0 Å². The molecule has 19 heavy (non-hydrogen) atoms. The molecule has 0 bridgehead atoms. The summed E-state index contributed by atoms with van der Waals surface area (Å²) in [5.41, 5.74) is 0. The molecule has 4 nitrogen and oxygen atoms in total. The summed E-state index contributed by atoms with van der Waals surface area (Å²) in [4.78, 5) is 0. The van der Waals surface area contributed by atoms with Crippen molar-refractivity contribution in [2.45, 2.75) is 48.5 Å². The fourth-order valence-electron chi connectivity index (χ4n) is 1.23. The second-order valence-corrected chi connectivity index (χ2v) is 13.8. The van der Waals surface area contributed by atoms with E-state index in [9.17, 15) is 0 Å². The first kappa shape index (κ1) is 19.7. The van der Waals surface area contributed by atoms with Crippen LogP contribution in [0, 0.1) is 17.8 Å². The monoisotopic (exact) mass is 444 g/mol. The summed E-state index contributed by atoms with van der Waals surface area (Å²) in [6.07, 6.45) is 0. The van der Waals surface area contributed by atoms with E-state index in [1.165, 1.54) is 0 Å². The molecule has 0 amide bonds. The predicted molar refractivity (Wildman–Crippen MR) is 74.0 cm³/mol. The fraction of sp³-hybridized carbons (Fsp3) is 1.00. The molecule has 0 unspecified atom stereocenters. The first-order valence-corrected chi connectivity index (χ1v) is 13.2. The molecule has 0 aromatic carbocycles. The maximum absolute atomic E-state index is 5.99. The van der Waals surface area contributed by atoms with Crippen molar-refractivity contribution in [3.8, 4) is 0 Å². The molecule has 0 aromatic rings. The molecular weight excluding hydrogens is 411 g/mol. The minimum atomic E-state index is -3.96. The van der Waals surface area contributed by atoms with E-state index in [4.69, 9.17) is 11.4 Å². The quantitative estimate of drug-likeness (QED) is 0.455. The zero-order valence-electron chi connectivity index (χ0n) is 13.7. The summed E-state index contributed by atoms with van der Waals surface area (Å²) < 4.78 is 23.8. The van der Waals surface area contributed by atoms with Crippen LogP contribution in [0.2, 0.25) is 0 Å². The molecule has 116 valence electrons. The third-order valence-corrected chi connectivity index (χ3v) is 10.0. The SMILES string of the molecule is CC[O][Hf]([O]CC(C)C)([O]CC(C)C)[O]CC(C)C. The Balaban J connectivity index is 4.65. The number of hydrogen-bond donors (Lipinski definition) is 0. The van der Waals surface area contributed by atoms with Crippen LogP contribution in [0.15, 0.2) is 0 Å². The Hall–Kier alpha value is 0.710. The van der Waals surface area contributed by atoms with Gasteiger partial charge in [0, 0.05) is 0 Å². The van der Waals surface area contributed by atoms with Crippen LogP contribution < -0.4 is 0 Å². The van der Waals surface area contributed by atoms with E-state index in [0.29, 0.717) is 44.2 Å². The van der Waals surface area contributed by atoms with Gasteiger partial charge in [0.2, 0.25) is 0 Å².